The van der Waals surface area contributed by atoms with E-state index in [-0.39, 0.29) is 18.6 Å². The molecule has 5 nitrogen and oxygen atoms in total. The lowest BCUT2D eigenvalue weighted by Gasteiger charge is -2.28. The first-order valence-corrected chi connectivity index (χ1v) is 8.29. The van der Waals surface area contributed by atoms with Crippen molar-refractivity contribution < 1.29 is 14.3 Å². The van der Waals surface area contributed by atoms with Crippen LogP contribution in [0.3, 0.4) is 0 Å². The topological polar surface area (TPSA) is 59.6 Å². The van der Waals surface area contributed by atoms with Gasteiger partial charge in [0.2, 0.25) is 0 Å². The van der Waals surface area contributed by atoms with Gasteiger partial charge in [-0.15, -0.1) is 11.3 Å². The number of nitrogens with one attached hydrogen (secondary N) is 2. The van der Waals surface area contributed by atoms with Crippen LogP contribution in [0.15, 0.2) is 27.2 Å². The number of esters is 1. The molecule has 1 aliphatic heterocycles. The third-order valence-electron chi connectivity index (χ3n) is 2.88. The number of thiocarbonyl (C=S) groups is 1. The van der Waals surface area contributed by atoms with Gasteiger partial charge < -0.3 is 20.1 Å². The number of hydrogen-bond acceptors (Lipinski definition) is 5. The molecule has 0 bridgehead atoms. The van der Waals surface area contributed by atoms with Crippen LogP contribution in [0.4, 0.5) is 0 Å². The molecule has 1 aliphatic rings. The normalized spacial score (nSPS) is 18.2. The molecule has 0 saturated heterocycles. The van der Waals surface area contributed by atoms with Crippen molar-refractivity contribution >= 4 is 50.6 Å². The lowest BCUT2D eigenvalue weighted by Crippen LogP contribution is -2.45. The van der Waals surface area contributed by atoms with Gasteiger partial charge in [0.25, 0.3) is 0 Å². The Kier molecular flexibility index (Phi) is 5.74. The van der Waals surface area contributed by atoms with Crippen LogP contribution in [0.2, 0.25) is 0 Å². The Morgan fingerprint density at radius 2 is 2.29 bits per heavy atom. The zero-order valence-electron chi connectivity index (χ0n) is 11.6. The monoisotopic (exact) mass is 390 g/mol. The van der Waals surface area contributed by atoms with E-state index < -0.39 is 0 Å². The first-order valence-electron chi connectivity index (χ1n) is 6.21. The molecule has 1 aromatic heterocycles. The number of carbonyl (C=O) groups is 1. The fourth-order valence-corrected chi connectivity index (χ4v) is 3.73. The number of carbonyl (C=O) groups excluding carboxylic acids is 1. The van der Waals surface area contributed by atoms with Crippen LogP contribution in [0.5, 0.6) is 0 Å². The molecular formula is C13H15BrN2O3S2. The summed E-state index contributed by atoms with van der Waals surface area (Å²) in [5.74, 6) is -0.374. The second-order valence-electron chi connectivity index (χ2n) is 4.37. The third kappa shape index (κ3) is 4.03. The molecule has 0 aliphatic carbocycles. The van der Waals surface area contributed by atoms with E-state index in [4.69, 9.17) is 21.7 Å². The fraction of sp³-hybridized carbons (Fsp3) is 0.385. The number of ether oxygens (including phenoxy) is 2. The van der Waals surface area contributed by atoms with Gasteiger partial charge in [0.05, 0.1) is 18.2 Å². The summed E-state index contributed by atoms with van der Waals surface area (Å²) in [6.45, 7) is 2.40. The van der Waals surface area contributed by atoms with E-state index in [0.717, 1.165) is 9.35 Å². The minimum absolute atomic E-state index is 0.220. The highest BCUT2D eigenvalue weighted by Crippen LogP contribution is 2.33. The van der Waals surface area contributed by atoms with Gasteiger partial charge in [-0.25, -0.2) is 4.79 Å². The highest BCUT2D eigenvalue weighted by Gasteiger charge is 2.31. The number of methoxy groups -OCH3 is 1. The van der Waals surface area contributed by atoms with Gasteiger partial charge in [-0.1, -0.05) is 0 Å². The predicted molar refractivity (Wildman–Crippen MR) is 89.2 cm³/mol. The van der Waals surface area contributed by atoms with Crippen molar-refractivity contribution in [2.24, 2.45) is 0 Å². The standard InChI is InChI=1S/C13H15BrN2O3S2/c1-7-10(12(17)19-4-3-18-2)11(16-13(20)15-7)9-5-8(14)6-21-9/h5-6,11H,3-4H2,1-2H3,(H2,15,16,20)/t11-/m1/s1. The molecule has 2 N–H and O–H groups in total. The molecule has 0 aromatic carbocycles. The van der Waals surface area contributed by atoms with E-state index in [0.29, 0.717) is 23.0 Å². The zero-order chi connectivity index (χ0) is 15.4. The summed E-state index contributed by atoms with van der Waals surface area (Å²) in [6.07, 6.45) is 0. The predicted octanol–water partition coefficient (Wildman–Crippen LogP) is 2.49. The molecule has 8 heteroatoms. The Morgan fingerprint density at radius 1 is 1.52 bits per heavy atom. The molecule has 0 saturated carbocycles. The quantitative estimate of drug-likeness (QED) is 0.457. The summed E-state index contributed by atoms with van der Waals surface area (Å²) >= 11 is 10.1. The number of halogens is 1. The van der Waals surface area contributed by atoms with Crippen molar-refractivity contribution in [2.75, 3.05) is 20.3 Å². The van der Waals surface area contributed by atoms with E-state index in [1.165, 1.54) is 0 Å². The first kappa shape index (κ1) is 16.4. The van der Waals surface area contributed by atoms with Crippen LogP contribution in [0.1, 0.15) is 17.8 Å². The molecule has 1 aromatic rings. The average molecular weight is 391 g/mol. The van der Waals surface area contributed by atoms with Crippen molar-refractivity contribution in [3.8, 4) is 0 Å². The summed E-state index contributed by atoms with van der Waals surface area (Å²) in [4.78, 5) is 13.3. The fourth-order valence-electron chi connectivity index (χ4n) is 1.95. The minimum Gasteiger partial charge on any atom is -0.460 e. The lowest BCUT2D eigenvalue weighted by molar-refractivity contribution is -0.140. The van der Waals surface area contributed by atoms with E-state index in [2.05, 4.69) is 26.6 Å². The van der Waals surface area contributed by atoms with Crippen molar-refractivity contribution in [3.05, 3.63) is 32.1 Å². The molecule has 0 amide bonds. The maximum Gasteiger partial charge on any atom is 0.338 e. The summed E-state index contributed by atoms with van der Waals surface area (Å²) < 4.78 is 11.1. The van der Waals surface area contributed by atoms with Crippen molar-refractivity contribution in [3.63, 3.8) is 0 Å². The lowest BCUT2D eigenvalue weighted by atomic mass is 10.0. The maximum atomic E-state index is 12.3. The van der Waals surface area contributed by atoms with Crippen LogP contribution in [-0.4, -0.2) is 31.4 Å². The van der Waals surface area contributed by atoms with Crippen molar-refractivity contribution in [2.45, 2.75) is 13.0 Å². The van der Waals surface area contributed by atoms with E-state index in [9.17, 15) is 4.79 Å². The molecular weight excluding hydrogens is 376 g/mol. The Morgan fingerprint density at radius 3 is 2.90 bits per heavy atom. The summed E-state index contributed by atoms with van der Waals surface area (Å²) in [5, 5.41) is 8.55. The van der Waals surface area contributed by atoms with Gasteiger partial charge in [0.15, 0.2) is 5.11 Å². The third-order valence-corrected chi connectivity index (χ3v) is 4.86. The van der Waals surface area contributed by atoms with Crippen molar-refractivity contribution in [1.29, 1.82) is 0 Å². The van der Waals surface area contributed by atoms with Gasteiger partial charge in [-0.3, -0.25) is 0 Å². The Bertz CT molecular complexity index is 586. The minimum atomic E-state index is -0.374. The highest BCUT2D eigenvalue weighted by molar-refractivity contribution is 9.10. The van der Waals surface area contributed by atoms with Gasteiger partial charge in [0, 0.05) is 27.5 Å². The smallest absolute Gasteiger partial charge is 0.338 e. The van der Waals surface area contributed by atoms with Gasteiger partial charge in [0.1, 0.15) is 6.61 Å². The van der Waals surface area contributed by atoms with Crippen LogP contribution >= 0.6 is 39.5 Å². The highest BCUT2D eigenvalue weighted by atomic mass is 79.9. The van der Waals surface area contributed by atoms with E-state index in [1.54, 1.807) is 18.4 Å². The van der Waals surface area contributed by atoms with Crippen LogP contribution < -0.4 is 10.6 Å². The summed E-state index contributed by atoms with van der Waals surface area (Å²) in [5.41, 5.74) is 1.24. The van der Waals surface area contributed by atoms with Gasteiger partial charge >= 0.3 is 5.97 Å². The molecule has 0 fully saturated rings. The van der Waals surface area contributed by atoms with E-state index >= 15 is 0 Å². The Labute approximate surface area is 140 Å². The van der Waals surface area contributed by atoms with Gasteiger partial charge in [-0.05, 0) is 41.1 Å². The van der Waals surface area contributed by atoms with Gasteiger partial charge in [-0.2, -0.15) is 0 Å². The second kappa shape index (κ2) is 7.35. The maximum absolute atomic E-state index is 12.3. The number of rotatable bonds is 5. The van der Waals surface area contributed by atoms with Crippen LogP contribution in [-0.2, 0) is 14.3 Å². The Balaban J connectivity index is 2.26. The van der Waals surface area contributed by atoms with E-state index in [1.807, 2.05) is 18.4 Å². The van der Waals surface area contributed by atoms with Crippen molar-refractivity contribution in [1.82, 2.24) is 10.6 Å². The van der Waals surface area contributed by atoms with Crippen LogP contribution in [0, 0.1) is 0 Å². The molecule has 0 radical (unpaired) electrons. The molecule has 2 rings (SSSR count). The molecule has 0 spiro atoms. The largest absolute Gasteiger partial charge is 0.460 e. The molecule has 21 heavy (non-hydrogen) atoms. The number of thiophene rings is 1. The summed E-state index contributed by atoms with van der Waals surface area (Å²) in [7, 11) is 1.56. The molecule has 114 valence electrons. The summed E-state index contributed by atoms with van der Waals surface area (Å²) in [6, 6.07) is 1.66. The Hall–Kier alpha value is -0.960. The average Bonchev–Trinajstić information content (AvgIpc) is 2.84. The number of hydrogen-bond donors (Lipinski definition) is 2. The molecule has 0 unspecified atom stereocenters. The number of allylic oxidation sites excluding steroid dienone is 1. The SMILES string of the molecule is COCCOC(=O)C1=C(C)NC(=S)N[C@@H]1c1cc(Br)cs1. The molecule has 2 heterocycles. The second-order valence-corrected chi connectivity index (χ2v) is 6.63. The van der Waals surface area contributed by atoms with Crippen LogP contribution in [0.25, 0.3) is 0 Å². The molecule has 1 atom stereocenters. The first-order chi connectivity index (χ1) is 10.0. The zero-order valence-corrected chi connectivity index (χ0v) is 14.8.